The minimum absolute atomic E-state index is 0.610. The second-order valence-corrected chi connectivity index (χ2v) is 5.85. The largest absolute Gasteiger partial charge is 0.335 e. The quantitative estimate of drug-likeness (QED) is 0.499. The SMILES string of the molecule is CC(C)(OO)c1ccccc1.CN(C)S(=O)(=O)O. The molecule has 0 aromatic heterocycles. The Balaban J connectivity index is 0.000000360. The molecular formula is C11H19NO5S. The topological polar surface area (TPSA) is 87.1 Å². The monoisotopic (exact) mass is 277 g/mol. The number of hydrogen-bond acceptors (Lipinski definition) is 4. The van der Waals surface area contributed by atoms with E-state index in [1.807, 2.05) is 44.2 Å². The fourth-order valence-electron chi connectivity index (χ4n) is 0.892. The van der Waals surface area contributed by atoms with Gasteiger partial charge in [0, 0.05) is 14.1 Å². The molecular weight excluding hydrogens is 258 g/mol. The summed E-state index contributed by atoms with van der Waals surface area (Å²) in [7, 11) is -1.42. The first-order valence-electron chi connectivity index (χ1n) is 5.14. The molecule has 0 spiro atoms. The van der Waals surface area contributed by atoms with Gasteiger partial charge in [-0.2, -0.15) is 12.7 Å². The highest BCUT2D eigenvalue weighted by Crippen LogP contribution is 2.22. The van der Waals surface area contributed by atoms with Gasteiger partial charge in [-0.3, -0.25) is 9.81 Å². The highest BCUT2D eigenvalue weighted by Gasteiger charge is 2.20. The predicted octanol–water partition coefficient (Wildman–Crippen LogP) is 1.76. The van der Waals surface area contributed by atoms with Gasteiger partial charge in [0.25, 0.3) is 0 Å². The van der Waals surface area contributed by atoms with Crippen molar-refractivity contribution in [2.24, 2.45) is 0 Å². The van der Waals surface area contributed by atoms with Crippen LogP contribution in [0, 0.1) is 0 Å². The molecule has 0 bridgehead atoms. The Kier molecular flexibility index (Phi) is 6.44. The molecule has 0 aliphatic carbocycles. The summed E-state index contributed by atoms with van der Waals surface area (Å²) in [5.41, 5.74) is 0.351. The first-order chi connectivity index (χ1) is 8.11. The van der Waals surface area contributed by atoms with E-state index in [0.29, 0.717) is 4.31 Å². The summed E-state index contributed by atoms with van der Waals surface area (Å²) >= 11 is 0. The van der Waals surface area contributed by atoms with Gasteiger partial charge in [0.1, 0.15) is 5.60 Å². The van der Waals surface area contributed by atoms with E-state index in [4.69, 9.17) is 9.81 Å². The molecule has 1 aromatic rings. The number of benzene rings is 1. The smallest absolute Gasteiger partial charge is 0.273 e. The average Bonchev–Trinajstić information content (AvgIpc) is 2.30. The summed E-state index contributed by atoms with van der Waals surface area (Å²) in [5.74, 6) is 0. The Hall–Kier alpha value is -0.990. The molecule has 0 radical (unpaired) electrons. The summed E-state index contributed by atoms with van der Waals surface area (Å²) in [6, 6.07) is 9.58. The third-order valence-corrected chi connectivity index (χ3v) is 3.08. The van der Waals surface area contributed by atoms with Gasteiger partial charge in [-0.25, -0.2) is 4.89 Å². The van der Waals surface area contributed by atoms with Crippen molar-refractivity contribution >= 4 is 10.3 Å². The second-order valence-electron chi connectivity index (χ2n) is 4.23. The molecule has 1 rings (SSSR count). The van der Waals surface area contributed by atoms with Crippen molar-refractivity contribution in [1.29, 1.82) is 0 Å². The maximum absolute atomic E-state index is 9.81. The van der Waals surface area contributed by atoms with Crippen molar-refractivity contribution < 1.29 is 23.1 Å². The van der Waals surface area contributed by atoms with Crippen molar-refractivity contribution in [3.8, 4) is 0 Å². The highest BCUT2D eigenvalue weighted by atomic mass is 32.2. The van der Waals surface area contributed by atoms with Crippen LogP contribution in [0.2, 0.25) is 0 Å². The maximum atomic E-state index is 9.81. The minimum atomic E-state index is -3.91. The van der Waals surface area contributed by atoms with E-state index in [1.165, 1.54) is 14.1 Å². The molecule has 0 saturated heterocycles. The lowest BCUT2D eigenvalue weighted by atomic mass is 9.99. The van der Waals surface area contributed by atoms with Crippen LogP contribution in [0.1, 0.15) is 19.4 Å². The van der Waals surface area contributed by atoms with Gasteiger partial charge in [0.15, 0.2) is 0 Å². The molecule has 7 heteroatoms. The predicted molar refractivity (Wildman–Crippen MR) is 68.4 cm³/mol. The molecule has 0 amide bonds. The van der Waals surface area contributed by atoms with Crippen LogP contribution in [0.5, 0.6) is 0 Å². The first-order valence-corrected chi connectivity index (χ1v) is 6.54. The van der Waals surface area contributed by atoms with Gasteiger partial charge in [-0.05, 0) is 19.4 Å². The molecule has 0 aliphatic rings. The Bertz CT molecular complexity index is 442. The van der Waals surface area contributed by atoms with Gasteiger partial charge in [-0.1, -0.05) is 30.3 Å². The van der Waals surface area contributed by atoms with Crippen LogP contribution in [-0.4, -0.2) is 36.6 Å². The van der Waals surface area contributed by atoms with Crippen molar-refractivity contribution in [2.75, 3.05) is 14.1 Å². The Morgan fingerprint density at radius 3 is 1.83 bits per heavy atom. The van der Waals surface area contributed by atoms with E-state index in [9.17, 15) is 8.42 Å². The Labute approximate surface area is 108 Å². The fraction of sp³-hybridized carbons (Fsp3) is 0.455. The lowest BCUT2D eigenvalue weighted by Gasteiger charge is -2.20. The third-order valence-electron chi connectivity index (χ3n) is 2.16. The zero-order chi connectivity index (χ0) is 14.4. The fourth-order valence-corrected chi connectivity index (χ4v) is 0.892. The molecule has 2 N–H and O–H groups in total. The highest BCUT2D eigenvalue weighted by molar-refractivity contribution is 7.83. The van der Waals surface area contributed by atoms with Crippen LogP contribution in [0.3, 0.4) is 0 Å². The van der Waals surface area contributed by atoms with E-state index >= 15 is 0 Å². The lowest BCUT2D eigenvalue weighted by Crippen LogP contribution is -2.20. The summed E-state index contributed by atoms with van der Waals surface area (Å²) in [4.78, 5) is 4.32. The summed E-state index contributed by atoms with van der Waals surface area (Å²) in [6.45, 7) is 3.62. The molecule has 1 aromatic carbocycles. The minimum Gasteiger partial charge on any atom is -0.273 e. The molecule has 18 heavy (non-hydrogen) atoms. The Morgan fingerprint density at radius 1 is 1.17 bits per heavy atom. The van der Waals surface area contributed by atoms with Crippen molar-refractivity contribution in [1.82, 2.24) is 4.31 Å². The Morgan fingerprint density at radius 2 is 1.56 bits per heavy atom. The standard InChI is InChI=1S/C9H12O2.C2H7NO3S/c1-9(2,11-10)8-6-4-3-5-7-8;1-3(2)7(4,5)6/h3-7,10H,1-2H3;1-2H3,(H,4,5,6). The molecule has 104 valence electrons. The van der Waals surface area contributed by atoms with Crippen LogP contribution < -0.4 is 0 Å². The van der Waals surface area contributed by atoms with E-state index < -0.39 is 15.9 Å². The van der Waals surface area contributed by atoms with Gasteiger partial charge in [0.2, 0.25) is 0 Å². The molecule has 0 aliphatic heterocycles. The van der Waals surface area contributed by atoms with Crippen LogP contribution in [-0.2, 0) is 20.8 Å². The van der Waals surface area contributed by atoms with Crippen LogP contribution in [0.15, 0.2) is 30.3 Å². The van der Waals surface area contributed by atoms with Crippen LogP contribution >= 0.6 is 0 Å². The maximum Gasteiger partial charge on any atom is 0.335 e. The van der Waals surface area contributed by atoms with Gasteiger partial charge >= 0.3 is 10.3 Å². The van der Waals surface area contributed by atoms with Crippen LogP contribution in [0.25, 0.3) is 0 Å². The van der Waals surface area contributed by atoms with Gasteiger partial charge in [-0.15, -0.1) is 0 Å². The lowest BCUT2D eigenvalue weighted by molar-refractivity contribution is -0.318. The number of rotatable bonds is 3. The number of hydrogen-bond donors (Lipinski definition) is 2. The van der Waals surface area contributed by atoms with E-state index in [1.54, 1.807) is 0 Å². The normalized spacial score (nSPS) is 11.9. The molecule has 6 nitrogen and oxygen atoms in total. The molecule has 0 fully saturated rings. The second kappa shape index (κ2) is 6.81. The summed E-state index contributed by atoms with van der Waals surface area (Å²) in [6.07, 6.45) is 0. The van der Waals surface area contributed by atoms with E-state index in [0.717, 1.165) is 5.56 Å². The zero-order valence-corrected chi connectivity index (χ0v) is 11.7. The summed E-state index contributed by atoms with van der Waals surface area (Å²) in [5, 5.41) is 8.55. The third kappa shape index (κ3) is 6.08. The van der Waals surface area contributed by atoms with Gasteiger partial charge < -0.3 is 0 Å². The van der Waals surface area contributed by atoms with Gasteiger partial charge in [0.05, 0.1) is 0 Å². The van der Waals surface area contributed by atoms with Crippen molar-refractivity contribution in [3.05, 3.63) is 35.9 Å². The van der Waals surface area contributed by atoms with E-state index in [2.05, 4.69) is 4.89 Å². The van der Waals surface area contributed by atoms with Crippen molar-refractivity contribution in [3.63, 3.8) is 0 Å². The zero-order valence-electron chi connectivity index (χ0n) is 10.9. The first kappa shape index (κ1) is 17.0. The van der Waals surface area contributed by atoms with E-state index in [-0.39, 0.29) is 0 Å². The molecule has 0 heterocycles. The summed E-state index contributed by atoms with van der Waals surface area (Å²) < 4.78 is 28.3. The van der Waals surface area contributed by atoms with Crippen molar-refractivity contribution in [2.45, 2.75) is 19.4 Å². The molecule has 0 atom stereocenters. The van der Waals surface area contributed by atoms with Crippen LogP contribution in [0.4, 0.5) is 0 Å². The molecule has 0 saturated carbocycles. The molecule has 0 unspecified atom stereocenters. The number of nitrogens with zero attached hydrogens (tertiary/aromatic N) is 1. The average molecular weight is 277 g/mol.